The number of carbonyl (C=O) groups excluding carboxylic acids is 6. The van der Waals surface area contributed by atoms with Crippen LogP contribution >= 0.6 is 0 Å². The van der Waals surface area contributed by atoms with Crippen molar-refractivity contribution >= 4 is 35.5 Å². The lowest BCUT2D eigenvalue weighted by Crippen LogP contribution is -2.61. The number of hydrogen-bond acceptors (Lipinski definition) is 13. The number of esters is 1. The van der Waals surface area contributed by atoms with Crippen LogP contribution in [0, 0.1) is 41.4 Å². The maximum absolute atomic E-state index is 14.4. The number of ether oxygens (including phenoxy) is 5. The highest BCUT2D eigenvalue weighted by Gasteiger charge is 2.53. The minimum atomic E-state index is -2.43. The van der Waals surface area contributed by atoms with E-state index in [9.17, 15) is 39.0 Å². The van der Waals surface area contributed by atoms with Gasteiger partial charge in [-0.1, -0.05) is 76.6 Å². The first-order chi connectivity index (χ1) is 31.3. The van der Waals surface area contributed by atoms with Crippen molar-refractivity contribution in [1.82, 2.24) is 4.90 Å². The minimum absolute atomic E-state index is 0.0124. The molecular weight excluding hydrogens is 847 g/mol. The molecule has 4 rings (SSSR count). The van der Waals surface area contributed by atoms with Gasteiger partial charge in [0.05, 0.1) is 30.3 Å². The third kappa shape index (κ3) is 14.2. The van der Waals surface area contributed by atoms with Crippen molar-refractivity contribution < 1.29 is 62.7 Å². The van der Waals surface area contributed by atoms with E-state index in [1.165, 1.54) is 12.0 Å². The summed E-state index contributed by atoms with van der Waals surface area (Å²) in [7, 11) is 4.54. The van der Waals surface area contributed by atoms with Crippen molar-refractivity contribution in [3.8, 4) is 0 Å². The Bertz CT molecular complexity index is 1800. The van der Waals surface area contributed by atoms with Gasteiger partial charge in [0, 0.05) is 58.5 Å². The van der Waals surface area contributed by atoms with Crippen molar-refractivity contribution in [2.24, 2.45) is 41.4 Å². The van der Waals surface area contributed by atoms with E-state index in [4.69, 9.17) is 23.7 Å². The topological polar surface area (TPSA) is 192 Å². The number of piperidine rings is 1. The van der Waals surface area contributed by atoms with Crippen LogP contribution in [-0.4, -0.2) is 127 Å². The Kier molecular flexibility index (Phi) is 21.3. The van der Waals surface area contributed by atoms with E-state index >= 15 is 0 Å². The molecule has 1 unspecified atom stereocenters. The number of carbonyl (C=O) groups is 6. The lowest BCUT2D eigenvalue weighted by molar-refractivity contribution is -0.265. The van der Waals surface area contributed by atoms with Crippen molar-refractivity contribution in [3.63, 3.8) is 0 Å². The summed E-state index contributed by atoms with van der Waals surface area (Å²) in [5.41, 5.74) is 1.37. The monoisotopic (exact) mass is 926 g/mol. The molecule has 0 spiro atoms. The number of fused-ring (bicyclic) bond motifs is 3. The number of Topliss-reactive ketones (excluding diaryl/α,β-unsaturated/α-hetero) is 3. The zero-order valence-electron chi connectivity index (χ0n) is 41.1. The van der Waals surface area contributed by atoms with Gasteiger partial charge in [-0.3, -0.25) is 19.2 Å². The van der Waals surface area contributed by atoms with E-state index in [0.29, 0.717) is 69.6 Å². The summed E-state index contributed by atoms with van der Waals surface area (Å²) in [6.07, 6.45) is 13.2. The number of aliphatic hydroxyl groups is 2. The third-order valence-electron chi connectivity index (χ3n) is 14.7. The predicted molar refractivity (Wildman–Crippen MR) is 249 cm³/mol. The number of ketones is 3. The lowest BCUT2D eigenvalue weighted by atomic mass is 9.78. The van der Waals surface area contributed by atoms with Crippen LogP contribution in [0.5, 0.6) is 0 Å². The van der Waals surface area contributed by atoms with Crippen molar-refractivity contribution in [1.29, 1.82) is 0 Å². The first-order valence-electron chi connectivity index (χ1n) is 24.2. The van der Waals surface area contributed by atoms with Gasteiger partial charge in [-0.15, -0.1) is 0 Å². The second-order valence-corrected chi connectivity index (χ2v) is 19.8. The molecular formula is C52H79NO13. The molecule has 0 aromatic carbocycles. The molecule has 1 amide bonds. The number of nitrogens with zero attached hydrogens (tertiary/aromatic N) is 1. The normalized spacial score (nSPS) is 39.9. The number of aldehydes is 1. The van der Waals surface area contributed by atoms with Crippen LogP contribution in [-0.2, 0) is 52.5 Å². The summed E-state index contributed by atoms with van der Waals surface area (Å²) >= 11 is 0. The molecule has 0 aromatic rings. The summed E-state index contributed by atoms with van der Waals surface area (Å²) in [6.45, 7) is 12.8. The molecule has 0 radical (unpaired) electrons. The summed E-state index contributed by atoms with van der Waals surface area (Å²) in [4.78, 5) is 84.7. The van der Waals surface area contributed by atoms with Crippen LogP contribution in [0.4, 0.5) is 0 Å². The molecule has 15 atom stereocenters. The number of allylic oxidation sites excluding steroid dienone is 6. The summed E-state index contributed by atoms with van der Waals surface area (Å²) in [6, 6.07) is -1.15. The highest BCUT2D eigenvalue weighted by molar-refractivity contribution is 6.39. The van der Waals surface area contributed by atoms with Gasteiger partial charge >= 0.3 is 5.97 Å². The molecule has 14 heteroatoms. The van der Waals surface area contributed by atoms with Gasteiger partial charge in [0.15, 0.2) is 5.78 Å². The molecule has 14 nitrogen and oxygen atoms in total. The number of methoxy groups -OCH3 is 3. The average molecular weight is 926 g/mol. The van der Waals surface area contributed by atoms with E-state index in [1.54, 1.807) is 41.1 Å². The highest BCUT2D eigenvalue weighted by Crippen LogP contribution is 2.38. The fraction of sp³-hybridized carbons (Fsp3) is 0.731. The zero-order valence-corrected chi connectivity index (χ0v) is 41.1. The molecule has 3 fully saturated rings. The molecule has 1 aliphatic carbocycles. The predicted octanol–water partition coefficient (Wildman–Crippen LogP) is 6.63. The van der Waals surface area contributed by atoms with Crippen LogP contribution < -0.4 is 0 Å². The van der Waals surface area contributed by atoms with Gasteiger partial charge in [-0.2, -0.15) is 0 Å². The maximum Gasteiger partial charge on any atom is 0.329 e. The molecule has 3 heterocycles. The molecule has 370 valence electrons. The van der Waals surface area contributed by atoms with Crippen molar-refractivity contribution in [3.05, 3.63) is 47.6 Å². The highest BCUT2D eigenvalue weighted by atomic mass is 16.6. The maximum atomic E-state index is 14.4. The van der Waals surface area contributed by atoms with Crippen molar-refractivity contribution in [2.75, 3.05) is 27.9 Å². The summed E-state index contributed by atoms with van der Waals surface area (Å²) < 4.78 is 29.5. The Hall–Kier alpha value is -3.66. The molecule has 3 aliphatic heterocycles. The van der Waals surface area contributed by atoms with Gasteiger partial charge in [0.2, 0.25) is 5.79 Å². The molecule has 2 N–H and O–H groups in total. The fourth-order valence-corrected chi connectivity index (χ4v) is 10.3. The van der Waals surface area contributed by atoms with Crippen LogP contribution in [0.15, 0.2) is 47.6 Å². The van der Waals surface area contributed by atoms with Gasteiger partial charge in [0.25, 0.3) is 11.7 Å². The SMILES string of the molecule is CO[C@H]1C[C@@H]2CC[C@@H](C)[C@@](O)(O2)C(=O)C(=O)N2CCCC[C@H]2C(=O)O[C@H]([C@H](C)C[C@@H]2CC[C@@H](O)[C@H](OC)C2)CC(=O)[C@H](C)/C=C(\C)[C@@H](C=O)[C@@H](OC)C(=O)C(C)C[C@H](C)/C=C/C=C/C=C/1C. The first kappa shape index (κ1) is 54.9. The molecule has 0 aromatic heterocycles. The fourth-order valence-electron chi connectivity index (χ4n) is 10.3. The quantitative estimate of drug-likeness (QED) is 0.120. The molecule has 2 saturated heterocycles. The second-order valence-electron chi connectivity index (χ2n) is 19.8. The number of aliphatic hydroxyl groups excluding tert-OH is 1. The molecule has 66 heavy (non-hydrogen) atoms. The molecule has 4 aliphatic rings. The van der Waals surface area contributed by atoms with E-state index < -0.39 is 83.7 Å². The van der Waals surface area contributed by atoms with Crippen molar-refractivity contribution in [2.45, 2.75) is 174 Å². The Morgan fingerprint density at radius 1 is 0.879 bits per heavy atom. The largest absolute Gasteiger partial charge is 0.460 e. The van der Waals surface area contributed by atoms with Gasteiger partial charge in [0.1, 0.15) is 30.3 Å². The smallest absolute Gasteiger partial charge is 0.329 e. The van der Waals surface area contributed by atoms with Gasteiger partial charge in [-0.25, -0.2) is 4.79 Å². The lowest BCUT2D eigenvalue weighted by Gasteiger charge is -2.42. The average Bonchev–Trinajstić information content (AvgIpc) is 3.29. The van der Waals surface area contributed by atoms with Crippen LogP contribution in [0.3, 0.4) is 0 Å². The van der Waals surface area contributed by atoms with Crippen LogP contribution in [0.1, 0.15) is 126 Å². The molecule has 1 saturated carbocycles. The Morgan fingerprint density at radius 2 is 1.61 bits per heavy atom. The number of hydrogen-bond donors (Lipinski definition) is 2. The molecule has 2 bridgehead atoms. The van der Waals surface area contributed by atoms with E-state index in [-0.39, 0.29) is 54.8 Å². The summed E-state index contributed by atoms with van der Waals surface area (Å²) in [5, 5.41) is 22.4. The number of amides is 1. The Morgan fingerprint density at radius 3 is 2.27 bits per heavy atom. The Balaban J connectivity index is 1.72. The van der Waals surface area contributed by atoms with Crippen LogP contribution in [0.2, 0.25) is 0 Å². The Labute approximate surface area is 392 Å². The number of rotatable bonds is 7. The first-order valence-corrected chi connectivity index (χ1v) is 24.2. The summed E-state index contributed by atoms with van der Waals surface area (Å²) in [5.74, 6) is -8.90. The van der Waals surface area contributed by atoms with E-state index in [0.717, 1.165) is 12.0 Å². The second kappa shape index (κ2) is 25.6. The standard InChI is InChI=1S/C52H79NO13/c1-31-16-12-11-13-17-32(2)44(62-8)28-39-21-19-37(7)52(61,66-39)49(58)50(59)53-23-15-14-18-41(53)51(60)65-45(35(5)26-38-20-22-42(55)46(27-38)63-9)29-43(56)34(4)25-33(3)40(30-54)48(64-10)47(57)36(6)24-31/h11-13,16-17,25,30-31,34-42,44-46,48,55,61H,14-15,18-24,26-29H2,1-10H3/b13-11+,16-12+,32-17+,33-25+/t31-,34-,35-,36?,37-,38+,39+,40-,41+,42-,44+,45+,46-,48-,52-/m1/s1. The zero-order chi connectivity index (χ0) is 48.9. The minimum Gasteiger partial charge on any atom is -0.460 e. The van der Waals surface area contributed by atoms with Gasteiger partial charge < -0.3 is 43.6 Å². The van der Waals surface area contributed by atoms with Crippen LogP contribution in [0.25, 0.3) is 0 Å². The van der Waals surface area contributed by atoms with E-state index in [1.807, 2.05) is 58.1 Å². The van der Waals surface area contributed by atoms with E-state index in [2.05, 4.69) is 0 Å². The number of cyclic esters (lactones) is 1. The third-order valence-corrected chi connectivity index (χ3v) is 14.7. The van der Waals surface area contributed by atoms with Gasteiger partial charge in [-0.05, 0) is 101 Å².